The molecule has 1 aliphatic heterocycles. The third-order valence-electron chi connectivity index (χ3n) is 4.58. The van der Waals surface area contributed by atoms with Crippen LogP contribution in [0.3, 0.4) is 0 Å². The lowest BCUT2D eigenvalue weighted by atomic mass is 10.1. The summed E-state index contributed by atoms with van der Waals surface area (Å²) in [6.45, 7) is 0.356. The fraction of sp³-hybridized carbons (Fsp3) is 0.0400. The number of hydrogen-bond acceptors (Lipinski definition) is 5. The van der Waals surface area contributed by atoms with Crippen LogP contribution in [-0.2, 0) is 20.9 Å². The van der Waals surface area contributed by atoms with Gasteiger partial charge in [0.15, 0.2) is 11.3 Å². The smallest absolute Gasteiger partial charge is 0.345 e. The Morgan fingerprint density at radius 3 is 2.29 bits per heavy atom. The van der Waals surface area contributed by atoms with Gasteiger partial charge in [-0.1, -0.05) is 66.7 Å². The van der Waals surface area contributed by atoms with Gasteiger partial charge in [0.1, 0.15) is 12.4 Å². The summed E-state index contributed by atoms with van der Waals surface area (Å²) in [6, 6.07) is 25.8. The van der Waals surface area contributed by atoms with E-state index in [9.17, 15) is 14.7 Å². The highest BCUT2D eigenvalue weighted by Crippen LogP contribution is 2.30. The van der Waals surface area contributed by atoms with Crippen LogP contribution in [0.15, 0.2) is 102 Å². The number of carboxylic acid groups (broad SMARTS) is 1. The Labute approximate surface area is 179 Å². The summed E-state index contributed by atoms with van der Waals surface area (Å²) in [7, 11) is 0. The van der Waals surface area contributed by atoms with Crippen molar-refractivity contribution in [2.75, 3.05) is 5.32 Å². The molecule has 0 fully saturated rings. The first kappa shape index (κ1) is 20.0. The maximum Gasteiger partial charge on any atom is 0.345 e. The van der Waals surface area contributed by atoms with Gasteiger partial charge in [0.25, 0.3) is 0 Å². The van der Waals surface area contributed by atoms with Gasteiger partial charge in [0, 0.05) is 11.3 Å². The highest BCUT2D eigenvalue weighted by Gasteiger charge is 2.36. The molecule has 0 unspecified atom stereocenters. The molecule has 0 radical (unpaired) electrons. The highest BCUT2D eigenvalue weighted by atomic mass is 16.5. The molecule has 0 saturated heterocycles. The SMILES string of the molecule is O=C(O)C1=C(Nc2ccccc2)O/C(=C\c2ccccc2OCc2ccccc2)C1=O. The Hall–Kier alpha value is -4.32. The first-order valence-electron chi connectivity index (χ1n) is 9.61. The van der Waals surface area contributed by atoms with E-state index in [1.54, 1.807) is 42.5 Å². The third kappa shape index (κ3) is 4.64. The molecule has 0 atom stereocenters. The lowest BCUT2D eigenvalue weighted by Crippen LogP contribution is -2.12. The molecule has 31 heavy (non-hydrogen) atoms. The molecule has 0 aliphatic carbocycles. The van der Waals surface area contributed by atoms with Crippen molar-refractivity contribution in [3.8, 4) is 5.75 Å². The Morgan fingerprint density at radius 2 is 1.58 bits per heavy atom. The van der Waals surface area contributed by atoms with Crippen LogP contribution in [0.2, 0.25) is 0 Å². The van der Waals surface area contributed by atoms with Crippen LogP contribution in [-0.4, -0.2) is 16.9 Å². The average Bonchev–Trinajstić information content (AvgIpc) is 3.09. The predicted octanol–water partition coefficient (Wildman–Crippen LogP) is 4.61. The second kappa shape index (κ2) is 9.00. The van der Waals surface area contributed by atoms with E-state index < -0.39 is 17.3 Å². The van der Waals surface area contributed by atoms with Gasteiger partial charge in [-0.3, -0.25) is 4.79 Å². The minimum absolute atomic E-state index is 0.0911. The quantitative estimate of drug-likeness (QED) is 0.435. The number of nitrogens with one attached hydrogen (secondary N) is 1. The molecule has 6 nitrogen and oxygen atoms in total. The molecular weight excluding hydrogens is 394 g/mol. The van der Waals surface area contributed by atoms with E-state index in [1.165, 1.54) is 6.08 Å². The third-order valence-corrected chi connectivity index (χ3v) is 4.58. The Balaban J connectivity index is 1.58. The Kier molecular flexibility index (Phi) is 5.80. The lowest BCUT2D eigenvalue weighted by Gasteiger charge is -2.10. The maximum absolute atomic E-state index is 12.7. The van der Waals surface area contributed by atoms with Gasteiger partial charge in [-0.15, -0.1) is 0 Å². The molecule has 6 heteroatoms. The minimum Gasteiger partial charge on any atom is -0.488 e. The molecule has 154 valence electrons. The fourth-order valence-corrected chi connectivity index (χ4v) is 3.07. The molecule has 0 amide bonds. The van der Waals surface area contributed by atoms with E-state index in [0.717, 1.165) is 5.56 Å². The van der Waals surface area contributed by atoms with Crippen molar-refractivity contribution in [1.82, 2.24) is 0 Å². The summed E-state index contributed by atoms with van der Waals surface area (Å²) in [4.78, 5) is 24.4. The summed E-state index contributed by atoms with van der Waals surface area (Å²) < 4.78 is 11.5. The number of para-hydroxylation sites is 2. The van der Waals surface area contributed by atoms with E-state index >= 15 is 0 Å². The van der Waals surface area contributed by atoms with Crippen molar-refractivity contribution >= 4 is 23.5 Å². The number of ether oxygens (including phenoxy) is 2. The summed E-state index contributed by atoms with van der Waals surface area (Å²) in [6.07, 6.45) is 1.49. The first-order chi connectivity index (χ1) is 15.1. The topological polar surface area (TPSA) is 84.9 Å². The van der Waals surface area contributed by atoms with Gasteiger partial charge in [-0.05, 0) is 29.8 Å². The molecule has 0 aromatic heterocycles. The molecule has 3 aromatic carbocycles. The van der Waals surface area contributed by atoms with Crippen molar-refractivity contribution in [2.24, 2.45) is 0 Å². The zero-order chi connectivity index (χ0) is 21.6. The second-order valence-electron chi connectivity index (χ2n) is 6.75. The number of hydrogen-bond donors (Lipinski definition) is 2. The first-order valence-corrected chi connectivity index (χ1v) is 9.61. The van der Waals surface area contributed by atoms with E-state index in [1.807, 2.05) is 42.5 Å². The zero-order valence-electron chi connectivity index (χ0n) is 16.4. The molecule has 0 spiro atoms. The number of rotatable bonds is 7. The molecule has 0 saturated carbocycles. The number of carbonyl (C=O) groups excluding carboxylic acids is 1. The maximum atomic E-state index is 12.7. The lowest BCUT2D eigenvalue weighted by molar-refractivity contribution is -0.134. The number of carbonyl (C=O) groups is 2. The van der Waals surface area contributed by atoms with Crippen molar-refractivity contribution in [1.29, 1.82) is 0 Å². The number of allylic oxidation sites excluding steroid dienone is 1. The largest absolute Gasteiger partial charge is 0.488 e. The van der Waals surface area contributed by atoms with Gasteiger partial charge in [0.05, 0.1) is 0 Å². The van der Waals surface area contributed by atoms with Gasteiger partial charge < -0.3 is 19.9 Å². The number of Topliss-reactive ketones (excluding diaryl/α,β-unsaturated/α-hetero) is 1. The summed E-state index contributed by atoms with van der Waals surface area (Å²) in [5.41, 5.74) is 1.77. The molecular formula is C25H19NO5. The summed E-state index contributed by atoms with van der Waals surface area (Å²) >= 11 is 0. The van der Waals surface area contributed by atoms with E-state index in [-0.39, 0.29) is 11.6 Å². The Bertz CT molecular complexity index is 1170. The zero-order valence-corrected chi connectivity index (χ0v) is 16.4. The van der Waals surface area contributed by atoms with Crippen molar-refractivity contribution < 1.29 is 24.2 Å². The van der Waals surface area contributed by atoms with E-state index in [2.05, 4.69) is 5.32 Å². The van der Waals surface area contributed by atoms with Crippen molar-refractivity contribution in [2.45, 2.75) is 6.61 Å². The van der Waals surface area contributed by atoms with Crippen LogP contribution in [0.1, 0.15) is 11.1 Å². The van der Waals surface area contributed by atoms with Crippen LogP contribution >= 0.6 is 0 Å². The standard InChI is InChI=1S/C25H19NO5/c27-23-21(31-24(22(23)25(28)29)26-19-12-5-2-6-13-19)15-18-11-7-8-14-20(18)30-16-17-9-3-1-4-10-17/h1-15,26H,16H2,(H,28,29)/b21-15-. The van der Waals surface area contributed by atoms with Gasteiger partial charge in [-0.25, -0.2) is 4.79 Å². The van der Waals surface area contributed by atoms with Gasteiger partial charge in [-0.2, -0.15) is 0 Å². The van der Waals surface area contributed by atoms with Crippen molar-refractivity contribution in [3.63, 3.8) is 0 Å². The van der Waals surface area contributed by atoms with Gasteiger partial charge >= 0.3 is 5.97 Å². The predicted molar refractivity (Wildman–Crippen MR) is 116 cm³/mol. The van der Waals surface area contributed by atoms with Crippen molar-refractivity contribution in [3.05, 3.63) is 113 Å². The minimum atomic E-state index is -1.36. The van der Waals surface area contributed by atoms with Crippen LogP contribution in [0, 0.1) is 0 Å². The second-order valence-corrected chi connectivity index (χ2v) is 6.75. The van der Waals surface area contributed by atoms with Crippen LogP contribution in [0.5, 0.6) is 5.75 Å². The average molecular weight is 413 g/mol. The molecule has 1 heterocycles. The van der Waals surface area contributed by atoms with Gasteiger partial charge in [0.2, 0.25) is 11.7 Å². The van der Waals surface area contributed by atoms with Crippen LogP contribution < -0.4 is 10.1 Å². The van der Waals surface area contributed by atoms with Crippen LogP contribution in [0.4, 0.5) is 5.69 Å². The molecule has 2 N–H and O–H groups in total. The summed E-state index contributed by atoms with van der Waals surface area (Å²) in [5, 5.41) is 12.4. The Morgan fingerprint density at radius 1 is 0.935 bits per heavy atom. The molecule has 4 rings (SSSR count). The number of aliphatic carboxylic acids is 1. The van der Waals surface area contributed by atoms with E-state index in [4.69, 9.17) is 9.47 Å². The van der Waals surface area contributed by atoms with E-state index in [0.29, 0.717) is 23.6 Å². The molecule has 3 aromatic rings. The normalized spacial score (nSPS) is 14.5. The fourth-order valence-electron chi connectivity index (χ4n) is 3.07. The number of carboxylic acids is 1. The number of benzene rings is 3. The van der Waals surface area contributed by atoms with Crippen LogP contribution in [0.25, 0.3) is 6.08 Å². The molecule has 1 aliphatic rings. The highest BCUT2D eigenvalue weighted by molar-refractivity contribution is 6.26. The monoisotopic (exact) mass is 413 g/mol. The number of anilines is 1. The summed E-state index contributed by atoms with van der Waals surface area (Å²) in [5.74, 6) is -1.72. The molecule has 0 bridgehead atoms. The number of ketones is 1.